The van der Waals surface area contributed by atoms with Gasteiger partial charge in [0.1, 0.15) is 11.3 Å². The van der Waals surface area contributed by atoms with Gasteiger partial charge in [0.15, 0.2) is 0 Å². The van der Waals surface area contributed by atoms with Gasteiger partial charge in [0.2, 0.25) is 5.91 Å². The van der Waals surface area contributed by atoms with E-state index < -0.39 is 0 Å². The number of para-hydroxylation sites is 1. The first-order valence-electron chi connectivity index (χ1n) is 9.87. The van der Waals surface area contributed by atoms with E-state index in [1.807, 2.05) is 68.4 Å². The van der Waals surface area contributed by atoms with Crippen molar-refractivity contribution in [2.45, 2.75) is 13.8 Å². The predicted molar refractivity (Wildman–Crippen MR) is 129 cm³/mol. The van der Waals surface area contributed by atoms with E-state index in [2.05, 4.69) is 27.3 Å². The number of hydrogen-bond donors (Lipinski definition) is 1. The topological polar surface area (TPSA) is 51.5 Å². The summed E-state index contributed by atoms with van der Waals surface area (Å²) in [7, 11) is 1.63. The third-order valence-corrected chi connectivity index (χ3v) is 5.69. The van der Waals surface area contributed by atoms with Crippen LogP contribution in [0.4, 0.5) is 5.69 Å². The van der Waals surface area contributed by atoms with Crippen LogP contribution in [-0.4, -0.2) is 13.0 Å². The molecule has 0 atom stereocenters. The fraction of sp³-hybridized carbons (Fsp3) is 0.115. The van der Waals surface area contributed by atoms with Crippen LogP contribution in [0.25, 0.3) is 27.7 Å². The van der Waals surface area contributed by atoms with Gasteiger partial charge in [-0.15, -0.1) is 0 Å². The maximum atomic E-state index is 12.6. The molecule has 5 heteroatoms. The lowest BCUT2D eigenvalue weighted by atomic mass is 9.96. The minimum atomic E-state index is -0.192. The molecule has 0 spiro atoms. The van der Waals surface area contributed by atoms with Gasteiger partial charge in [-0.05, 0) is 55.3 Å². The molecule has 3 aromatic carbocycles. The highest BCUT2D eigenvalue weighted by Gasteiger charge is 2.19. The molecule has 0 aliphatic heterocycles. The summed E-state index contributed by atoms with van der Waals surface area (Å²) in [6, 6.07) is 19.5. The highest BCUT2D eigenvalue weighted by Crippen LogP contribution is 2.40. The van der Waals surface area contributed by atoms with Gasteiger partial charge in [-0.2, -0.15) is 0 Å². The Hall–Kier alpha value is -3.31. The van der Waals surface area contributed by atoms with Crippen molar-refractivity contribution in [1.82, 2.24) is 0 Å². The molecule has 31 heavy (non-hydrogen) atoms. The largest absolute Gasteiger partial charge is 0.496 e. The highest BCUT2D eigenvalue weighted by molar-refractivity contribution is 9.10. The minimum Gasteiger partial charge on any atom is -0.496 e. The molecular formula is C26H22BrNO3. The number of carbonyl (C=O) groups is 1. The van der Waals surface area contributed by atoms with Crippen LogP contribution < -0.4 is 10.1 Å². The summed E-state index contributed by atoms with van der Waals surface area (Å²) in [5, 5.41) is 3.87. The maximum absolute atomic E-state index is 12.6. The van der Waals surface area contributed by atoms with E-state index in [1.54, 1.807) is 19.4 Å². The van der Waals surface area contributed by atoms with Crippen LogP contribution >= 0.6 is 15.9 Å². The molecule has 0 aliphatic carbocycles. The lowest BCUT2D eigenvalue weighted by molar-refractivity contribution is -0.111. The third kappa shape index (κ3) is 4.28. The number of anilines is 1. The van der Waals surface area contributed by atoms with E-state index in [-0.39, 0.29) is 5.91 Å². The van der Waals surface area contributed by atoms with Crippen molar-refractivity contribution in [3.8, 4) is 16.9 Å². The highest BCUT2D eigenvalue weighted by atomic mass is 79.9. The lowest BCUT2D eigenvalue weighted by Gasteiger charge is -2.13. The van der Waals surface area contributed by atoms with Crippen molar-refractivity contribution < 1.29 is 13.9 Å². The molecule has 1 heterocycles. The summed E-state index contributed by atoms with van der Waals surface area (Å²) in [6.45, 7) is 3.88. The zero-order chi connectivity index (χ0) is 22.0. The number of methoxy groups -OCH3 is 1. The summed E-state index contributed by atoms with van der Waals surface area (Å²) < 4.78 is 12.6. The molecule has 1 amide bonds. The summed E-state index contributed by atoms with van der Waals surface area (Å²) >= 11 is 3.54. The fourth-order valence-corrected chi connectivity index (χ4v) is 4.12. The maximum Gasteiger partial charge on any atom is 0.248 e. The number of fused-ring (bicyclic) bond motifs is 1. The van der Waals surface area contributed by atoms with Crippen LogP contribution in [0.5, 0.6) is 5.75 Å². The Morgan fingerprint density at radius 1 is 1.10 bits per heavy atom. The van der Waals surface area contributed by atoms with Gasteiger partial charge in [-0.25, -0.2) is 0 Å². The Balaban J connectivity index is 1.79. The number of halogens is 1. The Morgan fingerprint density at radius 2 is 1.87 bits per heavy atom. The molecule has 4 rings (SSSR count). The predicted octanol–water partition coefficient (Wildman–Crippen LogP) is 7.22. The van der Waals surface area contributed by atoms with Crippen LogP contribution in [0, 0.1) is 6.92 Å². The standard InChI is InChI=1S/C26H22BrNO3/c1-16(12-24(29)28-20-10-5-4-6-11-20)21-14-22-23(18-8-7-9-19(27)13-18)15-31-26(22)17(2)25(21)30-3/h4-15H,1-3H3,(H,28,29)/b16-12+. The number of carbonyl (C=O) groups excluding carboxylic acids is 1. The van der Waals surface area contributed by atoms with E-state index >= 15 is 0 Å². The van der Waals surface area contributed by atoms with Crippen molar-refractivity contribution in [1.29, 1.82) is 0 Å². The van der Waals surface area contributed by atoms with Crippen molar-refractivity contribution in [2.75, 3.05) is 12.4 Å². The van der Waals surface area contributed by atoms with E-state index in [0.717, 1.165) is 49.0 Å². The van der Waals surface area contributed by atoms with E-state index in [9.17, 15) is 4.79 Å². The zero-order valence-electron chi connectivity index (χ0n) is 17.5. The number of allylic oxidation sites excluding steroid dienone is 1. The van der Waals surface area contributed by atoms with E-state index in [1.165, 1.54) is 0 Å². The smallest absolute Gasteiger partial charge is 0.248 e. The monoisotopic (exact) mass is 475 g/mol. The molecular weight excluding hydrogens is 454 g/mol. The molecule has 0 unspecified atom stereocenters. The van der Waals surface area contributed by atoms with Gasteiger partial charge in [0.25, 0.3) is 0 Å². The number of aryl methyl sites for hydroxylation is 1. The number of benzene rings is 3. The van der Waals surface area contributed by atoms with E-state index in [0.29, 0.717) is 5.75 Å². The molecule has 1 N–H and O–H groups in total. The SMILES string of the molecule is COc1c(/C(C)=C/C(=O)Nc2ccccc2)cc2c(-c3cccc(Br)c3)coc2c1C. The summed E-state index contributed by atoms with van der Waals surface area (Å²) in [6.07, 6.45) is 3.36. The third-order valence-electron chi connectivity index (χ3n) is 5.20. The van der Waals surface area contributed by atoms with Gasteiger partial charge in [0.05, 0.1) is 13.4 Å². The molecule has 0 saturated carbocycles. The van der Waals surface area contributed by atoms with Gasteiger partial charge in [-0.3, -0.25) is 4.79 Å². The molecule has 0 radical (unpaired) electrons. The number of rotatable bonds is 5. The Morgan fingerprint density at radius 3 is 2.58 bits per heavy atom. The van der Waals surface area contributed by atoms with Gasteiger partial charge >= 0.3 is 0 Å². The second-order valence-corrected chi connectivity index (χ2v) is 8.22. The molecule has 4 aromatic rings. The number of amides is 1. The van der Waals surface area contributed by atoms with E-state index in [4.69, 9.17) is 9.15 Å². The van der Waals surface area contributed by atoms with Crippen LogP contribution in [-0.2, 0) is 4.79 Å². The number of ether oxygens (including phenoxy) is 1. The quantitative estimate of drug-likeness (QED) is 0.310. The van der Waals surface area contributed by atoms with Crippen LogP contribution in [0.1, 0.15) is 18.1 Å². The number of nitrogens with one attached hydrogen (secondary N) is 1. The molecule has 0 bridgehead atoms. The molecule has 0 fully saturated rings. The fourth-order valence-electron chi connectivity index (χ4n) is 3.73. The Kier molecular flexibility index (Phi) is 5.96. The summed E-state index contributed by atoms with van der Waals surface area (Å²) in [4.78, 5) is 12.6. The van der Waals surface area contributed by atoms with Gasteiger partial charge in [0, 0.05) is 38.3 Å². The van der Waals surface area contributed by atoms with Crippen molar-refractivity contribution in [3.63, 3.8) is 0 Å². The average Bonchev–Trinajstić information content (AvgIpc) is 3.18. The summed E-state index contributed by atoms with van der Waals surface area (Å²) in [5.74, 6) is 0.506. The van der Waals surface area contributed by atoms with Gasteiger partial charge in [-0.1, -0.05) is 46.3 Å². The lowest BCUT2D eigenvalue weighted by Crippen LogP contribution is -2.08. The second-order valence-electron chi connectivity index (χ2n) is 7.30. The molecule has 0 saturated heterocycles. The average molecular weight is 476 g/mol. The first kappa shape index (κ1) is 20.9. The van der Waals surface area contributed by atoms with Crippen molar-refractivity contribution >= 4 is 44.1 Å². The zero-order valence-corrected chi connectivity index (χ0v) is 19.1. The first-order valence-corrected chi connectivity index (χ1v) is 10.7. The minimum absolute atomic E-state index is 0.192. The summed E-state index contributed by atoms with van der Waals surface area (Å²) in [5.41, 5.74) is 6.12. The van der Waals surface area contributed by atoms with Crippen LogP contribution in [0.2, 0.25) is 0 Å². The Labute approximate surface area is 189 Å². The first-order chi connectivity index (χ1) is 15.0. The molecule has 1 aromatic heterocycles. The second kappa shape index (κ2) is 8.82. The molecule has 4 nitrogen and oxygen atoms in total. The number of furan rings is 1. The number of hydrogen-bond acceptors (Lipinski definition) is 3. The van der Waals surface area contributed by atoms with Crippen LogP contribution in [0.3, 0.4) is 0 Å². The normalized spacial score (nSPS) is 11.5. The van der Waals surface area contributed by atoms with Crippen molar-refractivity contribution in [3.05, 3.63) is 88.6 Å². The van der Waals surface area contributed by atoms with Gasteiger partial charge < -0.3 is 14.5 Å². The van der Waals surface area contributed by atoms with Crippen molar-refractivity contribution in [2.24, 2.45) is 0 Å². The Bertz CT molecular complexity index is 1290. The van der Waals surface area contributed by atoms with Crippen LogP contribution in [0.15, 0.2) is 81.9 Å². The molecule has 0 aliphatic rings. The molecule has 156 valence electrons.